The number of hydrogen-bond acceptors (Lipinski definition) is 11. The molecule has 0 aromatic carbocycles. The highest BCUT2D eigenvalue weighted by atomic mass is 32.2. The molecule has 2 N–H and O–H groups in total. The third-order valence-electron chi connectivity index (χ3n) is 5.15. The van der Waals surface area contributed by atoms with E-state index in [0.717, 1.165) is 6.26 Å². The van der Waals surface area contributed by atoms with Crippen molar-refractivity contribution in [2.75, 3.05) is 24.0 Å². The van der Waals surface area contributed by atoms with E-state index in [4.69, 9.17) is 4.74 Å². The molecule has 0 aliphatic carbocycles. The molecule has 4 aromatic rings. The maximum absolute atomic E-state index is 12.6. The Morgan fingerprint density at radius 1 is 1.06 bits per heavy atom. The molecule has 0 saturated carbocycles. The Morgan fingerprint density at radius 2 is 1.83 bits per heavy atom. The van der Waals surface area contributed by atoms with E-state index in [9.17, 15) is 13.2 Å². The lowest BCUT2D eigenvalue weighted by atomic mass is 10.1. The van der Waals surface area contributed by atoms with E-state index in [1.54, 1.807) is 43.3 Å². The van der Waals surface area contributed by atoms with Crippen molar-refractivity contribution < 1.29 is 17.9 Å². The summed E-state index contributed by atoms with van der Waals surface area (Å²) in [5, 5.41) is 10.5. The third kappa shape index (κ3) is 5.30. The summed E-state index contributed by atoms with van der Waals surface area (Å²) in [6, 6.07) is 6.36. The van der Waals surface area contributed by atoms with E-state index in [-0.39, 0.29) is 17.1 Å². The molecule has 186 valence electrons. The molecule has 4 rings (SSSR count). The molecule has 0 saturated heterocycles. The summed E-state index contributed by atoms with van der Waals surface area (Å²) in [5.74, 6) is 1.88. The fraction of sp³-hybridized carbons (Fsp3) is 0.217. The lowest BCUT2D eigenvalue weighted by molar-refractivity contribution is 0.0988. The van der Waals surface area contributed by atoms with Gasteiger partial charge in [0, 0.05) is 44.4 Å². The predicted molar refractivity (Wildman–Crippen MR) is 134 cm³/mol. The molecule has 0 atom stereocenters. The molecule has 0 radical (unpaired) electrons. The van der Waals surface area contributed by atoms with Crippen LogP contribution in [0, 0.1) is 0 Å². The van der Waals surface area contributed by atoms with Crippen LogP contribution in [0.2, 0.25) is 0 Å². The predicted octanol–water partition coefficient (Wildman–Crippen LogP) is 3.16. The van der Waals surface area contributed by atoms with Crippen LogP contribution in [0.15, 0.2) is 54.1 Å². The Bertz CT molecular complexity index is 1520. The van der Waals surface area contributed by atoms with Gasteiger partial charge in [0.15, 0.2) is 33.0 Å². The van der Waals surface area contributed by atoms with Crippen LogP contribution in [0.4, 0.5) is 23.1 Å². The number of aromatic nitrogens is 6. The number of Topliss-reactive ketones (excluding diaryl/α,β-unsaturated/α-hetero) is 1. The van der Waals surface area contributed by atoms with Crippen LogP contribution in [0.3, 0.4) is 0 Å². The normalized spacial score (nSPS) is 11.2. The van der Waals surface area contributed by atoms with Crippen molar-refractivity contribution >= 4 is 38.8 Å². The maximum atomic E-state index is 12.6. The zero-order valence-corrected chi connectivity index (χ0v) is 20.9. The number of nitrogens with one attached hydrogen (secondary N) is 2. The molecule has 0 fully saturated rings. The number of hydrogen-bond donors (Lipinski definition) is 2. The van der Waals surface area contributed by atoms with Gasteiger partial charge in [-0.2, -0.15) is 5.10 Å². The first-order valence-corrected chi connectivity index (χ1v) is 12.7. The smallest absolute Gasteiger partial charge is 0.185 e. The lowest BCUT2D eigenvalue weighted by Crippen LogP contribution is -2.08. The van der Waals surface area contributed by atoms with E-state index >= 15 is 0 Å². The average molecular weight is 509 g/mol. The van der Waals surface area contributed by atoms with Gasteiger partial charge in [-0.3, -0.25) is 9.48 Å². The van der Waals surface area contributed by atoms with Crippen LogP contribution < -0.4 is 15.4 Å². The molecular formula is C23H24N8O4S. The minimum atomic E-state index is -3.36. The number of carbonyl (C=O) groups excluding carboxylic acids is 1. The minimum Gasteiger partial charge on any atom is -0.492 e. The number of aryl methyl sites for hydroxylation is 1. The number of ketones is 1. The van der Waals surface area contributed by atoms with Crippen molar-refractivity contribution in [1.82, 2.24) is 29.7 Å². The van der Waals surface area contributed by atoms with Gasteiger partial charge in [0.2, 0.25) is 0 Å². The van der Waals surface area contributed by atoms with Crippen molar-refractivity contribution in [3.8, 4) is 17.1 Å². The molecule has 0 bridgehead atoms. The fourth-order valence-corrected chi connectivity index (χ4v) is 3.91. The molecule has 4 aromatic heterocycles. The number of nitrogens with zero attached hydrogens (tertiary/aromatic N) is 6. The summed E-state index contributed by atoms with van der Waals surface area (Å²) in [4.78, 5) is 29.9. The van der Waals surface area contributed by atoms with Crippen LogP contribution in [0.1, 0.15) is 23.7 Å². The zero-order valence-electron chi connectivity index (χ0n) is 20.1. The average Bonchev–Trinajstić information content (AvgIpc) is 3.29. The van der Waals surface area contributed by atoms with E-state index in [1.165, 1.54) is 31.6 Å². The fourth-order valence-electron chi connectivity index (χ4n) is 3.35. The van der Waals surface area contributed by atoms with Crippen molar-refractivity contribution in [3.63, 3.8) is 0 Å². The maximum Gasteiger partial charge on any atom is 0.185 e. The highest BCUT2D eigenvalue weighted by Gasteiger charge is 2.19. The Morgan fingerprint density at radius 3 is 2.44 bits per heavy atom. The quantitative estimate of drug-likeness (QED) is 0.320. The number of sulfone groups is 1. The van der Waals surface area contributed by atoms with Crippen LogP contribution in [-0.2, 0) is 16.9 Å². The van der Waals surface area contributed by atoms with Crippen molar-refractivity contribution in [2.24, 2.45) is 7.05 Å². The Kier molecular flexibility index (Phi) is 6.92. The van der Waals surface area contributed by atoms with Crippen LogP contribution >= 0.6 is 0 Å². The van der Waals surface area contributed by atoms with Gasteiger partial charge >= 0.3 is 0 Å². The molecule has 0 aliphatic heterocycles. The van der Waals surface area contributed by atoms with Crippen molar-refractivity contribution in [1.29, 1.82) is 0 Å². The lowest BCUT2D eigenvalue weighted by Gasteiger charge is -2.16. The number of methoxy groups -OCH3 is 1. The first kappa shape index (κ1) is 24.7. The molecule has 13 heteroatoms. The molecule has 36 heavy (non-hydrogen) atoms. The van der Waals surface area contributed by atoms with E-state index in [1.807, 2.05) is 0 Å². The summed E-state index contributed by atoms with van der Waals surface area (Å²) in [6.45, 7) is 1.76. The van der Waals surface area contributed by atoms with E-state index in [2.05, 4.69) is 35.7 Å². The Hall–Kier alpha value is -4.39. The largest absolute Gasteiger partial charge is 0.492 e. The van der Waals surface area contributed by atoms with Gasteiger partial charge in [-0.15, -0.1) is 0 Å². The summed E-state index contributed by atoms with van der Waals surface area (Å²) >= 11 is 0. The molecule has 0 aliphatic rings. The SMILES string of the molecule is CCC(=O)c1cnc(Nc2ccc(S(C)(=O)=O)cn2)cc1Nc1nccc(-c2ncn(C)n2)c1OC. The number of pyridine rings is 3. The topological polar surface area (TPSA) is 154 Å². The second-order valence-electron chi connectivity index (χ2n) is 7.78. The van der Waals surface area contributed by atoms with Gasteiger partial charge in [0.1, 0.15) is 18.0 Å². The summed E-state index contributed by atoms with van der Waals surface area (Å²) in [6.07, 6.45) is 7.28. The van der Waals surface area contributed by atoms with Gasteiger partial charge in [0.05, 0.1) is 28.8 Å². The summed E-state index contributed by atoms with van der Waals surface area (Å²) < 4.78 is 30.6. The molecule has 0 spiro atoms. The van der Waals surface area contributed by atoms with E-state index < -0.39 is 9.84 Å². The third-order valence-corrected chi connectivity index (χ3v) is 6.25. The van der Waals surface area contributed by atoms with Crippen LogP contribution in [-0.4, -0.2) is 57.3 Å². The van der Waals surface area contributed by atoms with Crippen LogP contribution in [0.5, 0.6) is 5.75 Å². The molecule has 0 amide bonds. The summed E-state index contributed by atoms with van der Waals surface area (Å²) in [7, 11) is -0.0863. The minimum absolute atomic E-state index is 0.104. The zero-order chi connectivity index (χ0) is 25.9. The van der Waals surface area contributed by atoms with Gasteiger partial charge in [-0.1, -0.05) is 6.92 Å². The second-order valence-corrected chi connectivity index (χ2v) is 9.79. The second kappa shape index (κ2) is 10.1. The number of ether oxygens (including phenoxy) is 1. The number of anilines is 4. The summed E-state index contributed by atoms with van der Waals surface area (Å²) in [5.41, 5.74) is 1.44. The van der Waals surface area contributed by atoms with Crippen molar-refractivity contribution in [3.05, 3.63) is 54.7 Å². The Balaban J connectivity index is 1.70. The molecule has 0 unspecified atom stereocenters. The molecule has 12 nitrogen and oxygen atoms in total. The monoisotopic (exact) mass is 508 g/mol. The van der Waals surface area contributed by atoms with E-state index in [0.29, 0.717) is 45.8 Å². The van der Waals surface area contributed by atoms with Gasteiger partial charge in [-0.25, -0.2) is 28.4 Å². The van der Waals surface area contributed by atoms with Gasteiger partial charge in [-0.05, 0) is 18.2 Å². The first-order chi connectivity index (χ1) is 17.2. The first-order valence-electron chi connectivity index (χ1n) is 10.8. The number of carbonyl (C=O) groups is 1. The Labute approximate surface area is 207 Å². The van der Waals surface area contributed by atoms with Crippen LogP contribution in [0.25, 0.3) is 11.4 Å². The van der Waals surface area contributed by atoms with Gasteiger partial charge < -0.3 is 15.4 Å². The van der Waals surface area contributed by atoms with Crippen molar-refractivity contribution in [2.45, 2.75) is 18.2 Å². The van der Waals surface area contributed by atoms with Gasteiger partial charge in [0.25, 0.3) is 0 Å². The number of rotatable bonds is 9. The standard InChI is InChI=1S/C23H24N8O4S/c1-5-18(32)16-12-26-20(29-19-7-6-14(11-25-19)36(4,33)34)10-17(16)28-23-21(35-3)15(8-9-24-23)22-27-13-31(2)30-22/h6-13H,5H2,1-4H3,(H2,24,25,26,28,29). The molecular weight excluding hydrogens is 484 g/mol. The highest BCUT2D eigenvalue weighted by Crippen LogP contribution is 2.36. The molecule has 4 heterocycles. The highest BCUT2D eigenvalue weighted by molar-refractivity contribution is 7.90.